The molecule has 0 bridgehead atoms. The van der Waals surface area contributed by atoms with Crippen LogP contribution in [0.5, 0.6) is 5.75 Å². The number of nitrogens with zero attached hydrogens (tertiary/aromatic N) is 2. The number of rotatable bonds is 5. The zero-order valence-corrected chi connectivity index (χ0v) is 22.9. The van der Waals surface area contributed by atoms with Crippen LogP contribution in [0.4, 0.5) is 0 Å². The first-order valence-corrected chi connectivity index (χ1v) is 14.1. The van der Waals surface area contributed by atoms with Crippen molar-refractivity contribution < 1.29 is 19.7 Å². The molecule has 2 fully saturated rings. The zero-order valence-electron chi connectivity index (χ0n) is 22.2. The number of aromatic nitrogens is 2. The van der Waals surface area contributed by atoms with E-state index < -0.39 is 11.5 Å². The van der Waals surface area contributed by atoms with Crippen LogP contribution >= 0.6 is 11.6 Å². The number of aliphatic hydroxyl groups is 1. The highest BCUT2D eigenvalue weighted by molar-refractivity contribution is 6.30. The summed E-state index contributed by atoms with van der Waals surface area (Å²) in [6, 6.07) is 11.0. The van der Waals surface area contributed by atoms with Crippen molar-refractivity contribution in [1.82, 2.24) is 15.5 Å². The summed E-state index contributed by atoms with van der Waals surface area (Å²) >= 11 is 5.95. The van der Waals surface area contributed by atoms with Crippen LogP contribution in [0.15, 0.2) is 36.4 Å². The number of hydrogen-bond donors (Lipinski definition) is 3. The summed E-state index contributed by atoms with van der Waals surface area (Å²) < 4.78 is 5.52. The number of halogens is 1. The summed E-state index contributed by atoms with van der Waals surface area (Å²) in [7, 11) is 0. The van der Waals surface area contributed by atoms with Crippen LogP contribution in [0.25, 0.3) is 10.9 Å². The van der Waals surface area contributed by atoms with Crippen molar-refractivity contribution in [1.29, 1.82) is 0 Å². The maximum atomic E-state index is 13.0. The molecule has 3 N–H and O–H groups in total. The van der Waals surface area contributed by atoms with Gasteiger partial charge in [0.15, 0.2) is 11.4 Å². The van der Waals surface area contributed by atoms with Crippen LogP contribution in [0.2, 0.25) is 5.02 Å². The molecule has 1 aliphatic carbocycles. The van der Waals surface area contributed by atoms with Gasteiger partial charge in [0, 0.05) is 30.2 Å². The first-order valence-electron chi connectivity index (χ1n) is 13.7. The zero-order chi connectivity index (χ0) is 27.4. The third kappa shape index (κ3) is 6.36. The lowest BCUT2D eigenvalue weighted by Gasteiger charge is -2.33. The highest BCUT2D eigenvalue weighted by Gasteiger charge is 2.34. The van der Waals surface area contributed by atoms with Gasteiger partial charge in [0.1, 0.15) is 11.1 Å². The van der Waals surface area contributed by atoms with E-state index in [9.17, 15) is 15.0 Å². The average molecular weight is 548 g/mol. The Labute approximate surface area is 233 Å². The molecule has 1 amide bonds. The molecule has 0 unspecified atom stereocenters. The topological polar surface area (TPSA) is 105 Å². The number of carbonyl (C=O) groups excluding carboxylic acids is 1. The van der Waals surface area contributed by atoms with Gasteiger partial charge < -0.3 is 20.3 Å². The molecule has 1 aromatic heterocycles. The van der Waals surface area contributed by atoms with Gasteiger partial charge in [-0.15, -0.1) is 10.2 Å². The summed E-state index contributed by atoms with van der Waals surface area (Å²) in [6.45, 7) is 3.77. The van der Waals surface area contributed by atoms with Gasteiger partial charge in [-0.05, 0) is 85.8 Å². The van der Waals surface area contributed by atoms with Gasteiger partial charge in [-0.1, -0.05) is 48.9 Å². The van der Waals surface area contributed by atoms with Crippen molar-refractivity contribution in [3.05, 3.63) is 63.8 Å². The lowest BCUT2D eigenvalue weighted by Crippen LogP contribution is -2.37. The number of ether oxygens (including phenoxy) is 1. The summed E-state index contributed by atoms with van der Waals surface area (Å²) in [5, 5.41) is 34.7. The van der Waals surface area contributed by atoms with Crippen molar-refractivity contribution in [3.63, 3.8) is 0 Å². The first-order chi connectivity index (χ1) is 18.8. The van der Waals surface area contributed by atoms with Crippen molar-refractivity contribution in [2.75, 3.05) is 13.2 Å². The van der Waals surface area contributed by atoms with Crippen molar-refractivity contribution >= 4 is 28.4 Å². The van der Waals surface area contributed by atoms with Crippen LogP contribution in [0.3, 0.4) is 0 Å². The van der Waals surface area contributed by atoms with E-state index in [0.29, 0.717) is 33.8 Å². The van der Waals surface area contributed by atoms with Crippen molar-refractivity contribution in [2.24, 2.45) is 11.8 Å². The molecule has 3 aromatic rings. The lowest BCUT2D eigenvalue weighted by molar-refractivity contribution is 0.0126. The summed E-state index contributed by atoms with van der Waals surface area (Å²) in [4.78, 5) is 13.0. The highest BCUT2D eigenvalue weighted by atomic mass is 35.5. The molecular formula is C31H34ClN3O4. The Morgan fingerprint density at radius 2 is 1.90 bits per heavy atom. The number of aromatic hydroxyl groups is 1. The molecule has 5 rings (SSSR count). The molecule has 204 valence electrons. The van der Waals surface area contributed by atoms with Crippen molar-refractivity contribution in [2.45, 2.75) is 64.0 Å². The Kier molecular flexibility index (Phi) is 8.37. The van der Waals surface area contributed by atoms with E-state index in [1.165, 1.54) is 0 Å². The first kappa shape index (κ1) is 27.4. The molecule has 0 radical (unpaired) electrons. The van der Waals surface area contributed by atoms with Crippen LogP contribution in [-0.4, -0.2) is 45.1 Å². The van der Waals surface area contributed by atoms with Crippen LogP contribution < -0.4 is 5.32 Å². The smallest absolute Gasteiger partial charge is 0.275 e. The molecule has 7 nitrogen and oxygen atoms in total. The molecule has 0 spiro atoms. The SMILES string of the molecule is C[C@@H]1CCCC[C@]1(O)C#Cc1cc(CC2CCOCC2)cc2c(O)c(C(=O)NCc3ccc(Cl)cc3)nnc12. The van der Waals surface area contributed by atoms with E-state index in [2.05, 4.69) is 27.4 Å². The second kappa shape index (κ2) is 11.9. The van der Waals surface area contributed by atoms with E-state index >= 15 is 0 Å². The molecule has 1 aliphatic heterocycles. The maximum absolute atomic E-state index is 13.0. The molecule has 8 heteroatoms. The second-order valence-electron chi connectivity index (χ2n) is 10.8. The summed E-state index contributed by atoms with van der Waals surface area (Å²) in [6.07, 6.45) is 6.34. The van der Waals surface area contributed by atoms with E-state index in [1.807, 2.05) is 31.2 Å². The number of amides is 1. The third-order valence-electron chi connectivity index (χ3n) is 8.02. The van der Waals surface area contributed by atoms with E-state index in [-0.39, 0.29) is 23.9 Å². The van der Waals surface area contributed by atoms with Gasteiger partial charge in [0.05, 0.1) is 5.56 Å². The van der Waals surface area contributed by atoms with E-state index in [0.717, 1.165) is 62.9 Å². The standard InChI is InChI=1S/C31H34ClN3O4/c1-20-4-2-3-12-31(20,38)13-9-24-17-23(16-21-10-14-39-15-11-21)18-26-27(24)34-35-28(29(26)36)30(37)33-19-22-5-7-25(32)8-6-22/h5-8,17-18,20-21,38H,2-4,10-12,14-16,19H2,1H3,(H,33,37)(H,34,36)/t20-,31+/m1/s1. The molecule has 1 saturated carbocycles. The minimum atomic E-state index is -1.06. The maximum Gasteiger partial charge on any atom is 0.275 e. The molecule has 39 heavy (non-hydrogen) atoms. The molecule has 2 heterocycles. The van der Waals surface area contributed by atoms with Crippen LogP contribution in [0, 0.1) is 23.7 Å². The largest absolute Gasteiger partial charge is 0.505 e. The molecule has 2 atom stereocenters. The van der Waals surface area contributed by atoms with Gasteiger partial charge in [-0.3, -0.25) is 4.79 Å². The fraction of sp³-hybridized carbons (Fsp3) is 0.452. The van der Waals surface area contributed by atoms with Gasteiger partial charge in [-0.2, -0.15) is 0 Å². The Bertz CT molecular complexity index is 1410. The monoisotopic (exact) mass is 547 g/mol. The molecule has 2 aliphatic rings. The predicted octanol–water partition coefficient (Wildman–Crippen LogP) is 5.18. The fourth-order valence-electron chi connectivity index (χ4n) is 5.47. The minimum Gasteiger partial charge on any atom is -0.505 e. The van der Waals surface area contributed by atoms with Gasteiger partial charge in [0.25, 0.3) is 5.91 Å². The number of hydrogen-bond acceptors (Lipinski definition) is 6. The number of fused-ring (bicyclic) bond motifs is 1. The number of carbonyl (C=O) groups is 1. The summed E-state index contributed by atoms with van der Waals surface area (Å²) in [5.74, 6) is 6.10. The van der Waals surface area contributed by atoms with Gasteiger partial charge >= 0.3 is 0 Å². The quantitative estimate of drug-likeness (QED) is 0.380. The average Bonchev–Trinajstić information content (AvgIpc) is 2.94. The van der Waals surface area contributed by atoms with E-state index in [1.54, 1.807) is 12.1 Å². The second-order valence-corrected chi connectivity index (χ2v) is 11.3. The Morgan fingerprint density at radius 1 is 1.13 bits per heavy atom. The fourth-order valence-corrected chi connectivity index (χ4v) is 5.59. The lowest BCUT2D eigenvalue weighted by atomic mass is 9.77. The predicted molar refractivity (Wildman–Crippen MR) is 151 cm³/mol. The normalized spacial score (nSPS) is 21.8. The molecular weight excluding hydrogens is 514 g/mol. The molecule has 1 saturated heterocycles. The van der Waals surface area contributed by atoms with Gasteiger partial charge in [0.2, 0.25) is 0 Å². The van der Waals surface area contributed by atoms with Crippen molar-refractivity contribution in [3.8, 4) is 17.6 Å². The molecule has 2 aromatic carbocycles. The Morgan fingerprint density at radius 3 is 2.64 bits per heavy atom. The number of benzene rings is 2. The van der Waals surface area contributed by atoms with E-state index in [4.69, 9.17) is 16.3 Å². The number of nitrogens with one attached hydrogen (secondary N) is 1. The minimum absolute atomic E-state index is 0.0749. The summed E-state index contributed by atoms with van der Waals surface area (Å²) in [5.41, 5.74) is 1.68. The van der Waals surface area contributed by atoms with Crippen LogP contribution in [0.1, 0.15) is 72.6 Å². The van der Waals surface area contributed by atoms with Gasteiger partial charge in [-0.25, -0.2) is 0 Å². The van der Waals surface area contributed by atoms with Crippen LogP contribution in [-0.2, 0) is 17.7 Å². The Hall–Kier alpha value is -3.18. The Balaban J connectivity index is 1.49. The highest BCUT2D eigenvalue weighted by Crippen LogP contribution is 2.34. The third-order valence-corrected chi connectivity index (χ3v) is 8.27.